The van der Waals surface area contributed by atoms with Gasteiger partial charge >= 0.3 is 0 Å². The van der Waals surface area contributed by atoms with Crippen LogP contribution in [0.1, 0.15) is 38.8 Å². The minimum atomic E-state index is 0. The van der Waals surface area contributed by atoms with Gasteiger partial charge in [0, 0.05) is 43.2 Å². The maximum absolute atomic E-state index is 5.73. The molecule has 0 amide bonds. The van der Waals surface area contributed by atoms with Gasteiger partial charge in [0.25, 0.3) is 0 Å². The van der Waals surface area contributed by atoms with Crippen molar-refractivity contribution in [2.75, 3.05) is 25.1 Å². The van der Waals surface area contributed by atoms with Crippen molar-refractivity contribution >= 4 is 51.9 Å². The number of fused-ring (bicyclic) bond motifs is 1. The Kier molecular flexibility index (Phi) is 9.61. The van der Waals surface area contributed by atoms with Crippen molar-refractivity contribution in [2.24, 2.45) is 10.9 Å². The summed E-state index contributed by atoms with van der Waals surface area (Å²) in [6, 6.07) is 7.94. The first kappa shape index (κ1) is 24.8. The average Bonchev–Trinajstić information content (AvgIpc) is 3.33. The summed E-state index contributed by atoms with van der Waals surface area (Å²) in [5, 5.41) is 8.83. The van der Waals surface area contributed by atoms with Crippen molar-refractivity contribution in [1.82, 2.24) is 14.7 Å². The summed E-state index contributed by atoms with van der Waals surface area (Å²) in [4.78, 5) is 10.3. The Bertz CT molecular complexity index is 953. The van der Waals surface area contributed by atoms with E-state index in [0.29, 0.717) is 6.54 Å². The highest BCUT2D eigenvalue weighted by Gasteiger charge is 2.20. The van der Waals surface area contributed by atoms with Gasteiger partial charge in [-0.2, -0.15) is 0 Å². The molecule has 32 heavy (non-hydrogen) atoms. The van der Waals surface area contributed by atoms with Gasteiger partial charge in [-0.05, 0) is 63.3 Å². The molecule has 1 aliphatic carbocycles. The molecule has 7 nitrogen and oxygen atoms in total. The second-order valence-corrected chi connectivity index (χ2v) is 8.98. The zero-order valence-corrected chi connectivity index (χ0v) is 21.8. The van der Waals surface area contributed by atoms with Crippen LogP contribution in [0.3, 0.4) is 0 Å². The smallest absolute Gasteiger partial charge is 0.196 e. The molecular weight excluding hydrogens is 537 g/mol. The molecule has 0 bridgehead atoms. The molecule has 2 N–H and O–H groups in total. The molecule has 1 saturated carbocycles. The Balaban J connectivity index is 0.00000289. The molecule has 4 rings (SSSR count). The summed E-state index contributed by atoms with van der Waals surface area (Å²) in [6.45, 7) is 7.03. The molecule has 1 aliphatic rings. The molecule has 0 unspecified atom stereocenters. The third-order valence-corrected chi connectivity index (χ3v) is 5.61. The van der Waals surface area contributed by atoms with Crippen molar-refractivity contribution in [2.45, 2.75) is 45.8 Å². The molecule has 0 saturated heterocycles. The van der Waals surface area contributed by atoms with Crippen LogP contribution in [0, 0.1) is 5.92 Å². The van der Waals surface area contributed by atoms with E-state index in [1.807, 2.05) is 60.3 Å². The molecule has 0 atom stereocenters. The monoisotopic (exact) mass is 569 g/mol. The number of aromatic nitrogens is 2. The fourth-order valence-corrected chi connectivity index (χ4v) is 3.81. The van der Waals surface area contributed by atoms with Crippen LogP contribution >= 0.6 is 35.3 Å². The van der Waals surface area contributed by atoms with Crippen LogP contribution < -0.4 is 15.4 Å². The Morgan fingerprint density at radius 3 is 2.81 bits per heavy atom. The highest BCUT2D eigenvalue weighted by molar-refractivity contribution is 14.0. The molecule has 0 aliphatic heterocycles. The Morgan fingerprint density at radius 1 is 1.28 bits per heavy atom. The molecule has 0 radical (unpaired) electrons. The van der Waals surface area contributed by atoms with E-state index in [-0.39, 0.29) is 30.1 Å². The summed E-state index contributed by atoms with van der Waals surface area (Å²) < 4.78 is 13.5. The van der Waals surface area contributed by atoms with Crippen LogP contribution in [0.4, 0.5) is 5.69 Å². The highest BCUT2D eigenvalue weighted by atomic mass is 127. The van der Waals surface area contributed by atoms with E-state index in [1.165, 1.54) is 12.8 Å². The van der Waals surface area contributed by atoms with Gasteiger partial charge in [0.2, 0.25) is 0 Å². The number of thiazole rings is 1. The lowest BCUT2D eigenvalue weighted by atomic mass is 10.3. The molecule has 174 valence electrons. The zero-order valence-electron chi connectivity index (χ0n) is 18.6. The largest absolute Gasteiger partial charge is 0.491 e. The van der Waals surface area contributed by atoms with Crippen molar-refractivity contribution in [1.29, 1.82) is 0 Å². The number of aliphatic imine (C=N–C) groups is 1. The van der Waals surface area contributed by atoms with Crippen LogP contribution in [0.25, 0.3) is 4.96 Å². The number of hydrogen-bond acceptors (Lipinski definition) is 5. The molecule has 1 aromatic carbocycles. The molecule has 2 aromatic heterocycles. The van der Waals surface area contributed by atoms with E-state index in [1.54, 1.807) is 11.3 Å². The van der Waals surface area contributed by atoms with Gasteiger partial charge in [-0.15, -0.1) is 35.3 Å². The van der Waals surface area contributed by atoms with Gasteiger partial charge in [-0.25, -0.2) is 9.98 Å². The summed E-state index contributed by atoms with van der Waals surface area (Å²) in [7, 11) is 0. The standard InChI is InChI=1S/C23H31N5O2S.HI/c1-17(2)30-21-8-6-19(7-9-21)26-22(24-10-3-12-29-16-18-4-5-18)25-14-20-15-28-11-13-31-23(28)27-20;/h6-9,11,13,15,17-18H,3-5,10,12,14,16H2,1-2H3,(H2,24,25,26);1H. The first-order valence-electron chi connectivity index (χ1n) is 11.0. The van der Waals surface area contributed by atoms with Gasteiger partial charge in [0.1, 0.15) is 5.75 Å². The number of rotatable bonds is 11. The lowest BCUT2D eigenvalue weighted by molar-refractivity contribution is 0.123. The molecular formula is C23H32IN5O2S. The van der Waals surface area contributed by atoms with E-state index in [4.69, 9.17) is 14.5 Å². The fraction of sp³-hybridized carbons (Fsp3) is 0.478. The first-order chi connectivity index (χ1) is 15.2. The van der Waals surface area contributed by atoms with Gasteiger partial charge in [-0.3, -0.25) is 4.40 Å². The number of guanidine groups is 1. The average molecular weight is 570 g/mol. The van der Waals surface area contributed by atoms with Crippen LogP contribution in [-0.4, -0.2) is 41.2 Å². The summed E-state index contributed by atoms with van der Waals surface area (Å²) in [5.41, 5.74) is 1.90. The number of halogens is 1. The van der Waals surface area contributed by atoms with Crippen LogP contribution in [0.2, 0.25) is 0 Å². The molecule has 9 heteroatoms. The van der Waals surface area contributed by atoms with Crippen molar-refractivity contribution in [3.8, 4) is 5.75 Å². The minimum Gasteiger partial charge on any atom is -0.491 e. The van der Waals surface area contributed by atoms with Gasteiger partial charge in [0.05, 0.1) is 18.3 Å². The van der Waals surface area contributed by atoms with Crippen LogP contribution in [-0.2, 0) is 11.3 Å². The molecule has 2 heterocycles. The zero-order chi connectivity index (χ0) is 21.5. The fourth-order valence-electron chi connectivity index (χ4n) is 3.09. The normalized spacial score (nSPS) is 13.9. The van der Waals surface area contributed by atoms with E-state index >= 15 is 0 Å². The third kappa shape index (κ3) is 7.93. The Morgan fingerprint density at radius 2 is 2.09 bits per heavy atom. The lowest BCUT2D eigenvalue weighted by Gasteiger charge is -2.14. The second kappa shape index (κ2) is 12.4. The number of nitrogens with one attached hydrogen (secondary N) is 2. The van der Waals surface area contributed by atoms with E-state index in [0.717, 1.165) is 60.1 Å². The van der Waals surface area contributed by atoms with Crippen molar-refractivity contribution < 1.29 is 9.47 Å². The lowest BCUT2D eigenvalue weighted by Crippen LogP contribution is -2.32. The number of hydrogen-bond donors (Lipinski definition) is 2. The molecule has 0 spiro atoms. The Hall–Kier alpha value is -1.85. The highest BCUT2D eigenvalue weighted by Crippen LogP contribution is 2.28. The SMILES string of the molecule is CC(C)Oc1ccc(NC(=NCc2cn3ccsc3n2)NCCCOCC2CC2)cc1.I. The summed E-state index contributed by atoms with van der Waals surface area (Å²) in [6.07, 6.45) is 7.78. The Labute approximate surface area is 210 Å². The third-order valence-electron chi connectivity index (χ3n) is 4.84. The predicted octanol–water partition coefficient (Wildman–Crippen LogP) is 5.18. The number of benzene rings is 1. The van der Waals surface area contributed by atoms with Crippen LogP contribution in [0.5, 0.6) is 5.75 Å². The van der Waals surface area contributed by atoms with E-state index in [9.17, 15) is 0 Å². The second-order valence-electron chi connectivity index (χ2n) is 8.10. The molecule has 1 fully saturated rings. The summed E-state index contributed by atoms with van der Waals surface area (Å²) in [5.74, 6) is 2.40. The maximum atomic E-state index is 5.73. The topological polar surface area (TPSA) is 72.2 Å². The number of imidazole rings is 1. The number of anilines is 1. The maximum Gasteiger partial charge on any atom is 0.196 e. The first-order valence-corrected chi connectivity index (χ1v) is 11.8. The molecule has 3 aromatic rings. The summed E-state index contributed by atoms with van der Waals surface area (Å²) >= 11 is 1.62. The van der Waals surface area contributed by atoms with Gasteiger partial charge < -0.3 is 20.1 Å². The van der Waals surface area contributed by atoms with E-state index < -0.39 is 0 Å². The quantitative estimate of drug-likeness (QED) is 0.144. The number of ether oxygens (including phenoxy) is 2. The minimum absolute atomic E-state index is 0. The van der Waals surface area contributed by atoms with Crippen LogP contribution in [0.15, 0.2) is 47.0 Å². The van der Waals surface area contributed by atoms with Gasteiger partial charge in [-0.1, -0.05) is 0 Å². The van der Waals surface area contributed by atoms with E-state index in [2.05, 4.69) is 15.6 Å². The predicted molar refractivity (Wildman–Crippen MR) is 142 cm³/mol. The van der Waals surface area contributed by atoms with Crippen molar-refractivity contribution in [3.63, 3.8) is 0 Å². The van der Waals surface area contributed by atoms with Gasteiger partial charge in [0.15, 0.2) is 10.9 Å². The van der Waals surface area contributed by atoms with Crippen molar-refractivity contribution in [3.05, 3.63) is 47.7 Å². The number of nitrogens with zero attached hydrogens (tertiary/aromatic N) is 3.